The lowest BCUT2D eigenvalue weighted by molar-refractivity contribution is -0.115. The molecule has 0 aliphatic heterocycles. The number of aromatic amines is 1. The number of anilines is 1. The van der Waals surface area contributed by atoms with Crippen LogP contribution >= 0.6 is 11.3 Å². The van der Waals surface area contributed by atoms with Gasteiger partial charge in [0.25, 0.3) is 0 Å². The Kier molecular flexibility index (Phi) is 2.60. The van der Waals surface area contributed by atoms with Gasteiger partial charge < -0.3 is 5.32 Å². The predicted octanol–water partition coefficient (Wildman–Crippen LogP) is 1.61. The van der Waals surface area contributed by atoms with E-state index >= 15 is 0 Å². The summed E-state index contributed by atoms with van der Waals surface area (Å²) in [7, 11) is 0. The average Bonchev–Trinajstić information content (AvgIpc) is 2.98. The Balaban J connectivity index is 1.77. The molecule has 0 aliphatic carbocycles. The summed E-state index contributed by atoms with van der Waals surface area (Å²) in [5, 5.41) is 11.1. The van der Waals surface area contributed by atoms with E-state index in [1.165, 1.54) is 11.3 Å². The number of imidazole rings is 1. The lowest BCUT2D eigenvalue weighted by Crippen LogP contribution is -2.14. The monoisotopic (exact) mass is 261 g/mol. The van der Waals surface area contributed by atoms with Crippen LogP contribution in [-0.4, -0.2) is 25.5 Å². The highest BCUT2D eigenvalue weighted by Gasteiger charge is 2.10. The van der Waals surface area contributed by atoms with Gasteiger partial charge in [0.1, 0.15) is 0 Å². The van der Waals surface area contributed by atoms with Crippen molar-refractivity contribution in [2.24, 2.45) is 0 Å². The molecule has 0 saturated carbocycles. The standard InChI is InChI=1S/C11H11N5OS/c1-7-5-16-9(6-18-11(16)14-7)2-10(17)15-8-3-12-13-4-8/h3-6H,2H2,1H3,(H,12,13)(H,15,17). The number of hydrogen-bond donors (Lipinski definition) is 2. The van der Waals surface area contributed by atoms with Crippen LogP contribution in [0.25, 0.3) is 4.96 Å². The molecule has 0 radical (unpaired) electrons. The van der Waals surface area contributed by atoms with Gasteiger partial charge in [0.05, 0.1) is 24.0 Å². The number of fused-ring (bicyclic) bond motifs is 1. The Morgan fingerprint density at radius 1 is 1.61 bits per heavy atom. The minimum Gasteiger partial charge on any atom is -0.323 e. The van der Waals surface area contributed by atoms with Crippen molar-refractivity contribution in [3.63, 3.8) is 0 Å². The number of hydrogen-bond acceptors (Lipinski definition) is 4. The van der Waals surface area contributed by atoms with Crippen LogP contribution in [0.1, 0.15) is 11.4 Å². The average molecular weight is 261 g/mol. The van der Waals surface area contributed by atoms with Crippen molar-refractivity contribution in [3.8, 4) is 0 Å². The van der Waals surface area contributed by atoms with Crippen LogP contribution in [0, 0.1) is 6.92 Å². The first-order valence-electron chi connectivity index (χ1n) is 5.43. The predicted molar refractivity (Wildman–Crippen MR) is 68.7 cm³/mol. The van der Waals surface area contributed by atoms with Crippen molar-refractivity contribution in [2.45, 2.75) is 13.3 Å². The van der Waals surface area contributed by atoms with E-state index in [1.54, 1.807) is 12.4 Å². The van der Waals surface area contributed by atoms with Crippen LogP contribution in [0.15, 0.2) is 24.0 Å². The van der Waals surface area contributed by atoms with Gasteiger partial charge in [-0.1, -0.05) is 0 Å². The van der Waals surface area contributed by atoms with Crippen LogP contribution in [0.2, 0.25) is 0 Å². The molecule has 92 valence electrons. The summed E-state index contributed by atoms with van der Waals surface area (Å²) in [6.45, 7) is 1.94. The number of carbonyl (C=O) groups excluding carboxylic acids is 1. The molecule has 7 heteroatoms. The first kappa shape index (κ1) is 11.0. The van der Waals surface area contributed by atoms with Crippen molar-refractivity contribution in [3.05, 3.63) is 35.4 Å². The van der Waals surface area contributed by atoms with Gasteiger partial charge >= 0.3 is 0 Å². The van der Waals surface area contributed by atoms with Gasteiger partial charge in [0.2, 0.25) is 5.91 Å². The smallest absolute Gasteiger partial charge is 0.230 e. The number of thiazole rings is 1. The lowest BCUT2D eigenvalue weighted by Gasteiger charge is -2.01. The maximum absolute atomic E-state index is 11.8. The molecule has 3 aromatic heterocycles. The van der Waals surface area contributed by atoms with Gasteiger partial charge in [-0.2, -0.15) is 5.10 Å². The second-order valence-corrected chi connectivity index (χ2v) is 4.81. The normalized spacial score (nSPS) is 10.9. The van der Waals surface area contributed by atoms with E-state index in [0.717, 1.165) is 16.3 Å². The minimum atomic E-state index is -0.0672. The number of nitrogens with zero attached hydrogens (tertiary/aromatic N) is 3. The number of aryl methyl sites for hydroxylation is 1. The number of H-pyrrole nitrogens is 1. The third-order valence-electron chi connectivity index (χ3n) is 2.53. The highest BCUT2D eigenvalue weighted by molar-refractivity contribution is 7.15. The fourth-order valence-corrected chi connectivity index (χ4v) is 2.68. The number of carbonyl (C=O) groups is 1. The van der Waals surface area contributed by atoms with Crippen molar-refractivity contribution in [1.82, 2.24) is 19.6 Å². The Hall–Kier alpha value is -2.15. The molecule has 6 nitrogen and oxygen atoms in total. The summed E-state index contributed by atoms with van der Waals surface area (Å²) in [6.07, 6.45) is 5.47. The molecular weight excluding hydrogens is 250 g/mol. The van der Waals surface area contributed by atoms with Crippen molar-refractivity contribution >= 4 is 27.9 Å². The van der Waals surface area contributed by atoms with Crippen molar-refractivity contribution in [2.75, 3.05) is 5.32 Å². The van der Waals surface area contributed by atoms with Gasteiger partial charge in [0.15, 0.2) is 4.96 Å². The zero-order chi connectivity index (χ0) is 12.5. The molecule has 0 atom stereocenters. The van der Waals surface area contributed by atoms with Gasteiger partial charge in [-0.3, -0.25) is 14.3 Å². The third-order valence-corrected chi connectivity index (χ3v) is 3.42. The third kappa shape index (κ3) is 2.00. The second-order valence-electron chi connectivity index (χ2n) is 3.97. The summed E-state index contributed by atoms with van der Waals surface area (Å²) in [6, 6.07) is 0. The summed E-state index contributed by atoms with van der Waals surface area (Å²) in [5.74, 6) is -0.0672. The summed E-state index contributed by atoms with van der Waals surface area (Å²) < 4.78 is 1.95. The molecule has 0 bridgehead atoms. The number of rotatable bonds is 3. The van der Waals surface area contributed by atoms with Crippen LogP contribution < -0.4 is 5.32 Å². The fraction of sp³-hybridized carbons (Fsp3) is 0.182. The largest absolute Gasteiger partial charge is 0.323 e. The Morgan fingerprint density at radius 3 is 3.28 bits per heavy atom. The summed E-state index contributed by atoms with van der Waals surface area (Å²) >= 11 is 1.54. The van der Waals surface area contributed by atoms with Crippen LogP contribution in [0.5, 0.6) is 0 Å². The van der Waals surface area contributed by atoms with E-state index in [2.05, 4.69) is 20.5 Å². The van der Waals surface area contributed by atoms with E-state index in [-0.39, 0.29) is 5.91 Å². The summed E-state index contributed by atoms with van der Waals surface area (Å²) in [4.78, 5) is 17.1. The molecule has 18 heavy (non-hydrogen) atoms. The molecule has 0 saturated heterocycles. The molecule has 3 heterocycles. The Labute approximate surface area is 107 Å². The molecule has 0 fully saturated rings. The van der Waals surface area contributed by atoms with Gasteiger partial charge in [0, 0.05) is 23.5 Å². The van der Waals surface area contributed by atoms with Crippen LogP contribution in [-0.2, 0) is 11.2 Å². The highest BCUT2D eigenvalue weighted by atomic mass is 32.1. The minimum absolute atomic E-state index is 0.0672. The first-order chi connectivity index (χ1) is 8.72. The Bertz CT molecular complexity index is 681. The molecule has 3 rings (SSSR count). The van der Waals surface area contributed by atoms with Gasteiger partial charge in [-0.25, -0.2) is 4.98 Å². The topological polar surface area (TPSA) is 75.1 Å². The Morgan fingerprint density at radius 2 is 2.50 bits per heavy atom. The zero-order valence-electron chi connectivity index (χ0n) is 9.67. The number of amides is 1. The maximum Gasteiger partial charge on any atom is 0.230 e. The molecule has 1 amide bonds. The van der Waals surface area contributed by atoms with Crippen LogP contribution in [0.3, 0.4) is 0 Å². The maximum atomic E-state index is 11.8. The van der Waals surface area contributed by atoms with Gasteiger partial charge in [-0.05, 0) is 6.92 Å². The quantitative estimate of drug-likeness (QED) is 0.752. The molecule has 0 unspecified atom stereocenters. The molecule has 3 aromatic rings. The fourth-order valence-electron chi connectivity index (χ4n) is 1.76. The molecule has 0 aromatic carbocycles. The van der Waals surface area contributed by atoms with E-state index in [4.69, 9.17) is 0 Å². The van der Waals surface area contributed by atoms with E-state index in [9.17, 15) is 4.79 Å². The highest BCUT2D eigenvalue weighted by Crippen LogP contribution is 2.17. The zero-order valence-corrected chi connectivity index (χ0v) is 10.5. The number of nitrogens with one attached hydrogen (secondary N) is 2. The van der Waals surface area contributed by atoms with E-state index in [0.29, 0.717) is 12.1 Å². The van der Waals surface area contributed by atoms with Gasteiger partial charge in [-0.15, -0.1) is 11.3 Å². The molecular formula is C11H11N5OS. The van der Waals surface area contributed by atoms with E-state index < -0.39 is 0 Å². The molecule has 0 spiro atoms. The molecule has 0 aliphatic rings. The SMILES string of the molecule is Cc1cn2c(CC(=O)Nc3cn[nH]c3)csc2n1. The van der Waals surface area contributed by atoms with Crippen LogP contribution in [0.4, 0.5) is 5.69 Å². The first-order valence-corrected chi connectivity index (χ1v) is 6.31. The number of aromatic nitrogens is 4. The second kappa shape index (κ2) is 4.26. The van der Waals surface area contributed by atoms with Crippen molar-refractivity contribution in [1.29, 1.82) is 0 Å². The van der Waals surface area contributed by atoms with E-state index in [1.807, 2.05) is 22.9 Å². The summed E-state index contributed by atoms with van der Waals surface area (Å²) in [5.41, 5.74) is 2.57. The lowest BCUT2D eigenvalue weighted by atomic mass is 10.3. The molecule has 2 N–H and O–H groups in total. The van der Waals surface area contributed by atoms with Crippen molar-refractivity contribution < 1.29 is 4.79 Å².